The SMILES string of the molecule is COc1cc(/C=C2\C(=O)NC(=O)N(c3ccccc3)C2=O)ccc1OCc1ccc(Cl)c(Cl)c1. The van der Waals surface area contributed by atoms with Crippen molar-refractivity contribution < 1.29 is 23.9 Å². The minimum absolute atomic E-state index is 0.185. The molecule has 7 nitrogen and oxygen atoms in total. The van der Waals surface area contributed by atoms with Gasteiger partial charge in [0, 0.05) is 0 Å². The molecular weight excluding hydrogens is 479 g/mol. The van der Waals surface area contributed by atoms with Crippen LogP contribution in [0, 0.1) is 0 Å². The normalized spacial score (nSPS) is 14.9. The van der Waals surface area contributed by atoms with E-state index >= 15 is 0 Å². The summed E-state index contributed by atoms with van der Waals surface area (Å²) in [7, 11) is 1.48. The molecule has 0 bridgehead atoms. The standard InChI is InChI=1S/C25H18Cl2N2O5/c1-33-22-13-15(8-10-21(22)34-14-16-7-9-19(26)20(27)12-16)11-18-23(30)28-25(32)29(24(18)31)17-5-3-2-4-6-17/h2-13H,14H2,1H3,(H,28,30,32)/b18-11+. The van der Waals surface area contributed by atoms with Gasteiger partial charge in [0.2, 0.25) is 0 Å². The van der Waals surface area contributed by atoms with Crippen molar-refractivity contribution in [2.75, 3.05) is 12.0 Å². The summed E-state index contributed by atoms with van der Waals surface area (Å²) in [6.45, 7) is 0.225. The fraction of sp³-hybridized carbons (Fsp3) is 0.0800. The first-order valence-electron chi connectivity index (χ1n) is 10.1. The first kappa shape index (κ1) is 23.4. The molecule has 1 fully saturated rings. The van der Waals surface area contributed by atoms with Crippen molar-refractivity contribution in [2.24, 2.45) is 0 Å². The molecule has 0 atom stereocenters. The average Bonchev–Trinajstić information content (AvgIpc) is 2.83. The van der Waals surface area contributed by atoms with E-state index < -0.39 is 17.8 Å². The minimum Gasteiger partial charge on any atom is -0.493 e. The Balaban J connectivity index is 1.58. The molecule has 34 heavy (non-hydrogen) atoms. The molecule has 0 saturated carbocycles. The van der Waals surface area contributed by atoms with Gasteiger partial charge in [0.15, 0.2) is 11.5 Å². The molecule has 0 unspecified atom stereocenters. The zero-order valence-corrected chi connectivity index (χ0v) is 19.4. The number of rotatable bonds is 6. The Morgan fingerprint density at radius 3 is 2.38 bits per heavy atom. The number of hydrogen-bond donors (Lipinski definition) is 1. The van der Waals surface area contributed by atoms with Crippen LogP contribution in [0.4, 0.5) is 10.5 Å². The third-order valence-corrected chi connectivity index (χ3v) is 5.73. The lowest BCUT2D eigenvalue weighted by atomic mass is 10.1. The number of nitrogens with zero attached hydrogens (tertiary/aromatic N) is 1. The van der Waals surface area contributed by atoms with Crippen molar-refractivity contribution >= 4 is 52.8 Å². The highest BCUT2D eigenvalue weighted by Crippen LogP contribution is 2.31. The maximum atomic E-state index is 13.0. The fourth-order valence-electron chi connectivity index (χ4n) is 3.32. The summed E-state index contributed by atoms with van der Waals surface area (Å²) in [6.07, 6.45) is 1.39. The number of ether oxygens (including phenoxy) is 2. The zero-order chi connectivity index (χ0) is 24.2. The van der Waals surface area contributed by atoms with Gasteiger partial charge in [-0.1, -0.05) is 53.5 Å². The zero-order valence-electron chi connectivity index (χ0n) is 17.9. The number of barbiturate groups is 1. The third-order valence-electron chi connectivity index (χ3n) is 4.99. The van der Waals surface area contributed by atoms with Crippen molar-refractivity contribution in [3.8, 4) is 11.5 Å². The molecule has 4 rings (SSSR count). The van der Waals surface area contributed by atoms with Crippen molar-refractivity contribution in [2.45, 2.75) is 6.61 Å². The van der Waals surface area contributed by atoms with Gasteiger partial charge < -0.3 is 9.47 Å². The van der Waals surface area contributed by atoms with Gasteiger partial charge in [0.25, 0.3) is 11.8 Å². The molecule has 0 spiro atoms. The molecule has 4 amide bonds. The van der Waals surface area contributed by atoms with E-state index in [1.165, 1.54) is 13.2 Å². The van der Waals surface area contributed by atoms with Crippen molar-refractivity contribution in [1.82, 2.24) is 5.32 Å². The number of para-hydroxylation sites is 1. The number of anilines is 1. The molecular formula is C25H18Cl2N2O5. The van der Waals surface area contributed by atoms with E-state index in [4.69, 9.17) is 32.7 Å². The number of urea groups is 1. The molecule has 9 heteroatoms. The second-order valence-electron chi connectivity index (χ2n) is 7.24. The van der Waals surface area contributed by atoms with Crippen molar-refractivity contribution in [1.29, 1.82) is 0 Å². The summed E-state index contributed by atoms with van der Waals surface area (Å²) in [6, 6.07) is 17.7. The highest BCUT2D eigenvalue weighted by Gasteiger charge is 2.36. The monoisotopic (exact) mass is 496 g/mol. The van der Waals surface area contributed by atoms with Crippen LogP contribution in [0.5, 0.6) is 11.5 Å². The molecule has 1 heterocycles. The molecule has 1 N–H and O–H groups in total. The van der Waals surface area contributed by atoms with Gasteiger partial charge in [0.1, 0.15) is 12.2 Å². The number of imide groups is 2. The average molecular weight is 497 g/mol. The topological polar surface area (TPSA) is 84.9 Å². The summed E-state index contributed by atoms with van der Waals surface area (Å²) in [4.78, 5) is 38.6. The smallest absolute Gasteiger partial charge is 0.335 e. The Kier molecular flexibility index (Phi) is 6.86. The summed E-state index contributed by atoms with van der Waals surface area (Å²) in [5.74, 6) is -0.648. The predicted octanol–water partition coefficient (Wildman–Crippen LogP) is 5.25. The summed E-state index contributed by atoms with van der Waals surface area (Å²) in [5, 5.41) is 3.08. The van der Waals surface area contributed by atoms with E-state index in [0.717, 1.165) is 10.5 Å². The van der Waals surface area contributed by atoms with Gasteiger partial charge in [-0.05, 0) is 53.6 Å². The van der Waals surface area contributed by atoms with E-state index in [9.17, 15) is 14.4 Å². The first-order chi connectivity index (χ1) is 16.4. The third kappa shape index (κ3) is 4.90. The van der Waals surface area contributed by atoms with Gasteiger partial charge >= 0.3 is 6.03 Å². The predicted molar refractivity (Wildman–Crippen MR) is 129 cm³/mol. The molecule has 0 aliphatic carbocycles. The Bertz CT molecular complexity index is 1310. The summed E-state index contributed by atoms with van der Waals surface area (Å²) in [5.41, 5.74) is 1.50. The number of carbonyl (C=O) groups excluding carboxylic acids is 3. The van der Waals surface area contributed by atoms with Crippen molar-refractivity contribution in [3.05, 3.63) is 93.5 Å². The van der Waals surface area contributed by atoms with E-state index in [2.05, 4.69) is 5.32 Å². The molecule has 1 saturated heterocycles. The van der Waals surface area contributed by atoms with E-state index in [1.54, 1.807) is 66.7 Å². The number of amides is 4. The molecule has 0 radical (unpaired) electrons. The highest BCUT2D eigenvalue weighted by atomic mass is 35.5. The van der Waals surface area contributed by atoms with Crippen LogP contribution >= 0.6 is 23.2 Å². The summed E-state index contributed by atoms with van der Waals surface area (Å²) >= 11 is 12.0. The molecule has 172 valence electrons. The van der Waals surface area contributed by atoms with Gasteiger partial charge in [-0.3, -0.25) is 14.9 Å². The maximum absolute atomic E-state index is 13.0. The fourth-order valence-corrected chi connectivity index (χ4v) is 3.64. The number of nitrogens with one attached hydrogen (secondary N) is 1. The van der Waals surface area contributed by atoms with Crippen LogP contribution in [0.25, 0.3) is 6.08 Å². The number of methoxy groups -OCH3 is 1. The van der Waals surface area contributed by atoms with Crippen LogP contribution in [0.2, 0.25) is 10.0 Å². The lowest BCUT2D eigenvalue weighted by molar-refractivity contribution is -0.122. The largest absolute Gasteiger partial charge is 0.493 e. The molecule has 0 aromatic heterocycles. The van der Waals surface area contributed by atoms with Crippen molar-refractivity contribution in [3.63, 3.8) is 0 Å². The van der Waals surface area contributed by atoms with Crippen LogP contribution in [0.15, 0.2) is 72.3 Å². The molecule has 3 aromatic carbocycles. The second-order valence-corrected chi connectivity index (χ2v) is 8.06. The minimum atomic E-state index is -0.804. The van der Waals surface area contributed by atoms with Crippen LogP contribution in [0.3, 0.4) is 0 Å². The van der Waals surface area contributed by atoms with Crippen LogP contribution in [0.1, 0.15) is 11.1 Å². The van der Waals surface area contributed by atoms with E-state index in [-0.39, 0.29) is 12.2 Å². The second kappa shape index (κ2) is 9.99. The number of carbonyl (C=O) groups is 3. The Labute approximate surface area is 205 Å². The van der Waals surface area contributed by atoms with E-state index in [1.807, 2.05) is 0 Å². The van der Waals surface area contributed by atoms with Crippen LogP contribution in [-0.4, -0.2) is 25.0 Å². The molecule has 3 aromatic rings. The Morgan fingerprint density at radius 1 is 0.912 bits per heavy atom. The highest BCUT2D eigenvalue weighted by molar-refractivity contribution is 6.42. The van der Waals surface area contributed by atoms with Crippen LogP contribution < -0.4 is 19.7 Å². The molecule has 1 aliphatic rings. The van der Waals surface area contributed by atoms with Gasteiger partial charge in [-0.25, -0.2) is 9.69 Å². The summed E-state index contributed by atoms with van der Waals surface area (Å²) < 4.78 is 11.3. The van der Waals surface area contributed by atoms with Gasteiger partial charge in [-0.15, -0.1) is 0 Å². The first-order valence-corrected chi connectivity index (χ1v) is 10.8. The number of hydrogen-bond acceptors (Lipinski definition) is 5. The van der Waals surface area contributed by atoms with E-state index in [0.29, 0.717) is 32.8 Å². The number of benzene rings is 3. The maximum Gasteiger partial charge on any atom is 0.335 e. The quantitative estimate of drug-likeness (QED) is 0.372. The Hall–Kier alpha value is -3.81. The van der Waals surface area contributed by atoms with Crippen LogP contribution in [-0.2, 0) is 16.2 Å². The number of halogens is 2. The lowest BCUT2D eigenvalue weighted by Gasteiger charge is -2.26. The Morgan fingerprint density at radius 2 is 1.68 bits per heavy atom. The van der Waals surface area contributed by atoms with Gasteiger partial charge in [0.05, 0.1) is 22.8 Å². The molecule has 1 aliphatic heterocycles. The van der Waals surface area contributed by atoms with Gasteiger partial charge in [-0.2, -0.15) is 0 Å². The lowest BCUT2D eigenvalue weighted by Crippen LogP contribution is -2.54.